The molecule has 1 aromatic rings. The summed E-state index contributed by atoms with van der Waals surface area (Å²) in [5.41, 5.74) is 1.55. The first-order valence-corrected chi connectivity index (χ1v) is 5.18. The molecule has 1 aromatic carbocycles. The van der Waals surface area contributed by atoms with Crippen LogP contribution in [0.1, 0.15) is 12.0 Å². The van der Waals surface area contributed by atoms with Crippen LogP contribution in [0.5, 0.6) is 0 Å². The number of carbonyl (C=O) groups excluding carboxylic acids is 2. The van der Waals surface area contributed by atoms with E-state index in [0.717, 1.165) is 11.8 Å². The van der Waals surface area contributed by atoms with Crippen LogP contribution in [-0.4, -0.2) is 18.9 Å². The molecular weight excluding hydrogens is 204 g/mol. The lowest BCUT2D eigenvalue weighted by atomic mass is 9.97. The van der Waals surface area contributed by atoms with Crippen molar-refractivity contribution in [1.82, 2.24) is 0 Å². The lowest BCUT2D eigenvalue weighted by molar-refractivity contribution is -0.135. The highest BCUT2D eigenvalue weighted by atomic mass is 16.5. The fraction of sp³-hybridized carbons (Fsp3) is 0.231. The SMILES string of the molecule is O=CC[C@@H]1COC(=O)/C1=C/c1ccccc1. The minimum absolute atomic E-state index is 0.0924. The van der Waals surface area contributed by atoms with Crippen LogP contribution in [0.4, 0.5) is 0 Å². The summed E-state index contributed by atoms with van der Waals surface area (Å²) < 4.78 is 4.94. The molecular formula is C13H12O3. The van der Waals surface area contributed by atoms with E-state index < -0.39 is 0 Å². The molecule has 82 valence electrons. The molecule has 1 heterocycles. The van der Waals surface area contributed by atoms with E-state index in [0.29, 0.717) is 18.6 Å². The quantitative estimate of drug-likeness (QED) is 0.440. The second-order valence-electron chi connectivity index (χ2n) is 3.71. The Bertz CT molecular complexity index is 420. The minimum atomic E-state index is -0.310. The van der Waals surface area contributed by atoms with Crippen molar-refractivity contribution in [1.29, 1.82) is 0 Å². The summed E-state index contributed by atoms with van der Waals surface area (Å²) in [6.07, 6.45) is 2.96. The predicted octanol–water partition coefficient (Wildman–Crippen LogP) is 1.83. The van der Waals surface area contributed by atoms with E-state index in [1.165, 1.54) is 0 Å². The molecule has 0 aromatic heterocycles. The maximum Gasteiger partial charge on any atom is 0.334 e. The molecule has 0 N–H and O–H groups in total. The minimum Gasteiger partial charge on any atom is -0.462 e. The van der Waals surface area contributed by atoms with Gasteiger partial charge < -0.3 is 9.53 Å². The van der Waals surface area contributed by atoms with Gasteiger partial charge in [0.2, 0.25) is 0 Å². The van der Waals surface area contributed by atoms with Crippen molar-refractivity contribution in [3.63, 3.8) is 0 Å². The summed E-state index contributed by atoms with van der Waals surface area (Å²) in [4.78, 5) is 21.9. The average Bonchev–Trinajstić information content (AvgIpc) is 2.64. The van der Waals surface area contributed by atoms with Gasteiger partial charge in [0.1, 0.15) is 6.29 Å². The third kappa shape index (κ3) is 2.19. The first-order chi connectivity index (χ1) is 7.81. The van der Waals surface area contributed by atoms with Crippen LogP contribution in [0.3, 0.4) is 0 Å². The molecule has 0 amide bonds. The van der Waals surface area contributed by atoms with E-state index >= 15 is 0 Å². The van der Waals surface area contributed by atoms with Crippen molar-refractivity contribution in [3.8, 4) is 0 Å². The van der Waals surface area contributed by atoms with Crippen molar-refractivity contribution in [2.75, 3.05) is 6.61 Å². The van der Waals surface area contributed by atoms with E-state index in [1.54, 1.807) is 6.08 Å². The summed E-state index contributed by atoms with van der Waals surface area (Å²) in [5, 5.41) is 0. The zero-order valence-electron chi connectivity index (χ0n) is 8.76. The molecule has 16 heavy (non-hydrogen) atoms. The van der Waals surface area contributed by atoms with Gasteiger partial charge in [-0.3, -0.25) is 0 Å². The number of ether oxygens (including phenoxy) is 1. The van der Waals surface area contributed by atoms with Gasteiger partial charge in [-0.05, 0) is 11.6 Å². The molecule has 1 fully saturated rings. The van der Waals surface area contributed by atoms with Crippen molar-refractivity contribution in [2.45, 2.75) is 6.42 Å². The zero-order chi connectivity index (χ0) is 11.4. The second-order valence-corrected chi connectivity index (χ2v) is 3.71. The van der Waals surface area contributed by atoms with Crippen LogP contribution in [0.25, 0.3) is 6.08 Å². The molecule has 3 nitrogen and oxygen atoms in total. The summed E-state index contributed by atoms with van der Waals surface area (Å²) >= 11 is 0. The Morgan fingerprint density at radius 3 is 2.75 bits per heavy atom. The second kappa shape index (κ2) is 4.75. The van der Waals surface area contributed by atoms with Crippen LogP contribution >= 0.6 is 0 Å². The van der Waals surface area contributed by atoms with E-state index in [2.05, 4.69) is 0 Å². The molecule has 0 aliphatic carbocycles. The van der Waals surface area contributed by atoms with E-state index in [-0.39, 0.29) is 11.9 Å². The topological polar surface area (TPSA) is 43.4 Å². The molecule has 2 rings (SSSR count). The number of esters is 1. The van der Waals surface area contributed by atoms with E-state index in [1.807, 2.05) is 30.3 Å². The first-order valence-electron chi connectivity index (χ1n) is 5.18. The van der Waals surface area contributed by atoms with Crippen LogP contribution < -0.4 is 0 Å². The molecule has 1 atom stereocenters. The lowest BCUT2D eigenvalue weighted by Gasteiger charge is -2.02. The molecule has 0 saturated carbocycles. The van der Waals surface area contributed by atoms with Gasteiger partial charge in [-0.15, -0.1) is 0 Å². The van der Waals surface area contributed by atoms with Crippen molar-refractivity contribution in [3.05, 3.63) is 41.5 Å². The summed E-state index contributed by atoms with van der Waals surface area (Å²) in [6.45, 7) is 0.316. The maximum absolute atomic E-state index is 11.5. The fourth-order valence-electron chi connectivity index (χ4n) is 1.73. The molecule has 0 bridgehead atoms. The summed E-state index contributed by atoms with van der Waals surface area (Å²) in [6, 6.07) is 9.55. The Morgan fingerprint density at radius 2 is 2.06 bits per heavy atom. The van der Waals surface area contributed by atoms with Crippen LogP contribution in [0.2, 0.25) is 0 Å². The molecule has 0 unspecified atom stereocenters. The van der Waals surface area contributed by atoms with Crippen LogP contribution in [0.15, 0.2) is 35.9 Å². The van der Waals surface area contributed by atoms with Gasteiger partial charge in [0.05, 0.1) is 6.61 Å². The van der Waals surface area contributed by atoms with Gasteiger partial charge in [0.15, 0.2) is 0 Å². The molecule has 0 spiro atoms. The molecule has 0 radical (unpaired) electrons. The van der Waals surface area contributed by atoms with Gasteiger partial charge in [-0.25, -0.2) is 4.79 Å². The number of benzene rings is 1. The third-order valence-corrected chi connectivity index (χ3v) is 2.59. The van der Waals surface area contributed by atoms with Crippen LogP contribution in [0, 0.1) is 5.92 Å². The highest BCUT2D eigenvalue weighted by Gasteiger charge is 2.29. The zero-order valence-corrected chi connectivity index (χ0v) is 8.76. The number of hydrogen-bond donors (Lipinski definition) is 0. The third-order valence-electron chi connectivity index (χ3n) is 2.59. The van der Waals surface area contributed by atoms with Crippen molar-refractivity contribution < 1.29 is 14.3 Å². The Labute approximate surface area is 93.7 Å². The number of carbonyl (C=O) groups is 2. The molecule has 1 aliphatic heterocycles. The number of hydrogen-bond acceptors (Lipinski definition) is 3. The monoisotopic (exact) mass is 216 g/mol. The van der Waals surface area contributed by atoms with Crippen LogP contribution in [-0.2, 0) is 14.3 Å². The Kier molecular flexibility index (Phi) is 3.15. The number of cyclic esters (lactones) is 1. The Morgan fingerprint density at radius 1 is 1.31 bits per heavy atom. The van der Waals surface area contributed by atoms with Gasteiger partial charge in [-0.1, -0.05) is 30.3 Å². The number of rotatable bonds is 3. The highest BCUT2D eigenvalue weighted by Crippen LogP contribution is 2.25. The van der Waals surface area contributed by atoms with Crippen molar-refractivity contribution >= 4 is 18.3 Å². The summed E-state index contributed by atoms with van der Waals surface area (Å²) in [7, 11) is 0. The van der Waals surface area contributed by atoms with E-state index in [9.17, 15) is 9.59 Å². The average molecular weight is 216 g/mol. The standard InChI is InChI=1S/C13H12O3/c14-7-6-11-9-16-13(15)12(11)8-10-4-2-1-3-5-10/h1-5,7-8,11H,6,9H2/b12-8+/t11-/m1/s1. The van der Waals surface area contributed by atoms with Crippen molar-refractivity contribution in [2.24, 2.45) is 5.92 Å². The van der Waals surface area contributed by atoms with E-state index in [4.69, 9.17) is 4.74 Å². The first kappa shape index (κ1) is 10.6. The largest absolute Gasteiger partial charge is 0.462 e. The molecule has 1 aliphatic rings. The lowest BCUT2D eigenvalue weighted by Crippen LogP contribution is -2.03. The fourth-order valence-corrected chi connectivity index (χ4v) is 1.73. The normalized spacial score (nSPS) is 22.1. The van der Waals surface area contributed by atoms with Gasteiger partial charge in [0, 0.05) is 17.9 Å². The Hall–Kier alpha value is -1.90. The molecule has 1 saturated heterocycles. The van der Waals surface area contributed by atoms with Gasteiger partial charge >= 0.3 is 5.97 Å². The Balaban J connectivity index is 2.26. The van der Waals surface area contributed by atoms with Gasteiger partial charge in [-0.2, -0.15) is 0 Å². The smallest absolute Gasteiger partial charge is 0.334 e. The number of aldehydes is 1. The summed E-state index contributed by atoms with van der Waals surface area (Å²) in [5.74, 6) is -0.402. The predicted molar refractivity (Wildman–Crippen MR) is 59.5 cm³/mol. The molecule has 3 heteroatoms. The maximum atomic E-state index is 11.5. The highest BCUT2D eigenvalue weighted by molar-refractivity contribution is 5.96. The van der Waals surface area contributed by atoms with Gasteiger partial charge in [0.25, 0.3) is 0 Å².